The summed E-state index contributed by atoms with van der Waals surface area (Å²) in [6.45, 7) is 0.0811. The van der Waals surface area contributed by atoms with E-state index in [4.69, 9.17) is 10.4 Å². The number of nitriles is 1. The molecule has 0 spiro atoms. The van der Waals surface area contributed by atoms with Crippen LogP contribution in [0.5, 0.6) is 0 Å². The second kappa shape index (κ2) is 3.79. The van der Waals surface area contributed by atoms with E-state index in [1.807, 2.05) is 30.3 Å². The van der Waals surface area contributed by atoms with Crippen LogP contribution in [0, 0.1) is 11.3 Å². The largest absolute Gasteiger partial charge is 0.395 e. The molecule has 1 saturated heterocycles. The van der Waals surface area contributed by atoms with E-state index in [0.29, 0.717) is 0 Å². The molecule has 1 aliphatic rings. The highest BCUT2D eigenvalue weighted by atomic mass is 16.3. The Morgan fingerprint density at radius 2 is 2.07 bits per heavy atom. The third-order valence-corrected chi connectivity index (χ3v) is 2.71. The lowest BCUT2D eigenvalue weighted by Gasteiger charge is -2.41. The molecule has 3 heteroatoms. The van der Waals surface area contributed by atoms with Crippen molar-refractivity contribution in [1.82, 2.24) is 5.32 Å². The van der Waals surface area contributed by atoms with Gasteiger partial charge in [-0.3, -0.25) is 5.32 Å². The highest BCUT2D eigenvalue weighted by molar-refractivity contribution is 5.30. The van der Waals surface area contributed by atoms with Crippen LogP contribution in [0.4, 0.5) is 0 Å². The highest BCUT2D eigenvalue weighted by Crippen LogP contribution is 2.31. The van der Waals surface area contributed by atoms with Gasteiger partial charge in [-0.25, -0.2) is 0 Å². The first-order chi connectivity index (χ1) is 6.86. The van der Waals surface area contributed by atoms with Crippen LogP contribution >= 0.6 is 0 Å². The summed E-state index contributed by atoms with van der Waals surface area (Å²) in [5.74, 6) is 0.131. The fourth-order valence-electron chi connectivity index (χ4n) is 1.94. The Kier molecular flexibility index (Phi) is 2.49. The first-order valence-electron chi connectivity index (χ1n) is 4.68. The van der Waals surface area contributed by atoms with Gasteiger partial charge in [-0.2, -0.15) is 5.26 Å². The van der Waals surface area contributed by atoms with E-state index in [1.165, 1.54) is 0 Å². The SMILES string of the molecule is N#C[C@@H]1N[C@H](CO)[C@@H]1c1ccccc1. The Balaban J connectivity index is 2.20. The average Bonchev–Trinajstić information content (AvgIpc) is 2.19. The standard InChI is InChI=1S/C11H12N2O/c12-6-9-11(10(7-14)13-9)8-4-2-1-3-5-8/h1-5,9-11,13-14H,7H2/t9-,10+,11+/m0/s1. The number of nitrogens with one attached hydrogen (secondary N) is 1. The number of benzene rings is 1. The fourth-order valence-corrected chi connectivity index (χ4v) is 1.94. The lowest BCUT2D eigenvalue weighted by molar-refractivity contribution is 0.151. The summed E-state index contributed by atoms with van der Waals surface area (Å²) < 4.78 is 0. The summed E-state index contributed by atoms with van der Waals surface area (Å²) in [4.78, 5) is 0. The van der Waals surface area contributed by atoms with Crippen LogP contribution in [-0.2, 0) is 0 Å². The molecule has 3 atom stereocenters. The smallest absolute Gasteiger partial charge is 0.104 e. The van der Waals surface area contributed by atoms with E-state index in [2.05, 4.69) is 11.4 Å². The molecule has 1 aliphatic heterocycles. The molecule has 0 radical (unpaired) electrons. The molecule has 0 bridgehead atoms. The van der Waals surface area contributed by atoms with Gasteiger partial charge in [0.05, 0.1) is 12.7 Å². The van der Waals surface area contributed by atoms with Crippen LogP contribution in [0.3, 0.4) is 0 Å². The zero-order chi connectivity index (χ0) is 9.97. The first-order valence-corrected chi connectivity index (χ1v) is 4.68. The van der Waals surface area contributed by atoms with Crippen LogP contribution in [0.1, 0.15) is 11.5 Å². The van der Waals surface area contributed by atoms with Crippen LogP contribution in [-0.4, -0.2) is 23.8 Å². The van der Waals surface area contributed by atoms with Crippen molar-refractivity contribution >= 4 is 0 Å². The fraction of sp³-hybridized carbons (Fsp3) is 0.364. The van der Waals surface area contributed by atoms with Crippen molar-refractivity contribution in [3.8, 4) is 6.07 Å². The van der Waals surface area contributed by atoms with Gasteiger partial charge in [-0.05, 0) is 5.56 Å². The molecule has 72 valence electrons. The maximum Gasteiger partial charge on any atom is 0.104 e. The number of rotatable bonds is 2. The lowest BCUT2D eigenvalue weighted by Crippen LogP contribution is -2.60. The van der Waals surface area contributed by atoms with Gasteiger partial charge in [-0.1, -0.05) is 30.3 Å². The molecular formula is C11H12N2O. The Morgan fingerprint density at radius 1 is 1.36 bits per heavy atom. The van der Waals surface area contributed by atoms with Crippen molar-refractivity contribution in [3.05, 3.63) is 35.9 Å². The highest BCUT2D eigenvalue weighted by Gasteiger charge is 2.40. The molecule has 0 aliphatic carbocycles. The zero-order valence-electron chi connectivity index (χ0n) is 7.72. The topological polar surface area (TPSA) is 56.0 Å². The monoisotopic (exact) mass is 188 g/mol. The first kappa shape index (κ1) is 9.20. The van der Waals surface area contributed by atoms with E-state index in [1.54, 1.807) is 0 Å². The second-order valence-corrected chi connectivity index (χ2v) is 3.50. The quantitative estimate of drug-likeness (QED) is 0.715. The molecule has 14 heavy (non-hydrogen) atoms. The molecule has 3 nitrogen and oxygen atoms in total. The number of hydrogen-bond donors (Lipinski definition) is 2. The Morgan fingerprint density at radius 3 is 2.64 bits per heavy atom. The van der Waals surface area contributed by atoms with Crippen LogP contribution < -0.4 is 5.32 Å². The van der Waals surface area contributed by atoms with Gasteiger partial charge in [0.2, 0.25) is 0 Å². The lowest BCUT2D eigenvalue weighted by atomic mass is 9.78. The molecule has 0 saturated carbocycles. The molecule has 1 fully saturated rings. The Labute approximate surface area is 83.0 Å². The van der Waals surface area contributed by atoms with Crippen molar-refractivity contribution in [2.45, 2.75) is 18.0 Å². The van der Waals surface area contributed by atoms with Gasteiger partial charge >= 0.3 is 0 Å². The van der Waals surface area contributed by atoms with Gasteiger partial charge in [-0.15, -0.1) is 0 Å². The van der Waals surface area contributed by atoms with Crippen molar-refractivity contribution in [2.24, 2.45) is 0 Å². The number of aliphatic hydroxyl groups is 1. The third-order valence-electron chi connectivity index (χ3n) is 2.71. The van der Waals surface area contributed by atoms with E-state index in [0.717, 1.165) is 5.56 Å². The summed E-state index contributed by atoms with van der Waals surface area (Å²) in [6, 6.07) is 11.9. The average molecular weight is 188 g/mol. The van der Waals surface area contributed by atoms with Gasteiger partial charge in [0.15, 0.2) is 0 Å². The van der Waals surface area contributed by atoms with Crippen LogP contribution in [0.15, 0.2) is 30.3 Å². The summed E-state index contributed by atoms with van der Waals surface area (Å²) in [7, 11) is 0. The Hall–Kier alpha value is -1.37. The minimum atomic E-state index is -0.158. The van der Waals surface area contributed by atoms with Crippen LogP contribution in [0.2, 0.25) is 0 Å². The predicted octanol–water partition coefficient (Wildman–Crippen LogP) is 0.626. The molecule has 1 aromatic carbocycles. The van der Waals surface area contributed by atoms with Crippen molar-refractivity contribution < 1.29 is 5.11 Å². The van der Waals surface area contributed by atoms with Gasteiger partial charge < -0.3 is 5.11 Å². The maximum atomic E-state index is 9.06. The summed E-state index contributed by atoms with van der Waals surface area (Å²) in [5.41, 5.74) is 1.12. The molecule has 1 aromatic rings. The molecule has 0 amide bonds. The van der Waals surface area contributed by atoms with Crippen molar-refractivity contribution in [1.29, 1.82) is 5.26 Å². The molecule has 1 heterocycles. The number of aliphatic hydroxyl groups excluding tert-OH is 1. The summed E-state index contributed by atoms with van der Waals surface area (Å²) in [6.07, 6.45) is 0. The Bertz CT molecular complexity index is 344. The van der Waals surface area contributed by atoms with Gasteiger partial charge in [0, 0.05) is 12.0 Å². The van der Waals surface area contributed by atoms with E-state index in [-0.39, 0.29) is 24.6 Å². The van der Waals surface area contributed by atoms with E-state index < -0.39 is 0 Å². The van der Waals surface area contributed by atoms with Gasteiger partial charge in [0.1, 0.15) is 6.04 Å². The van der Waals surface area contributed by atoms with E-state index >= 15 is 0 Å². The second-order valence-electron chi connectivity index (χ2n) is 3.50. The maximum absolute atomic E-state index is 9.06. The molecule has 2 rings (SSSR count). The molecule has 2 N–H and O–H groups in total. The number of hydrogen-bond acceptors (Lipinski definition) is 3. The minimum absolute atomic E-state index is 0.0297. The summed E-state index contributed by atoms with van der Waals surface area (Å²) >= 11 is 0. The normalized spacial score (nSPS) is 30.4. The predicted molar refractivity (Wildman–Crippen MR) is 52.6 cm³/mol. The molecule has 0 aromatic heterocycles. The molecule has 0 unspecified atom stereocenters. The number of nitrogens with zero attached hydrogens (tertiary/aromatic N) is 1. The minimum Gasteiger partial charge on any atom is -0.395 e. The van der Waals surface area contributed by atoms with Crippen molar-refractivity contribution in [3.63, 3.8) is 0 Å². The third kappa shape index (κ3) is 1.39. The zero-order valence-corrected chi connectivity index (χ0v) is 7.72. The summed E-state index contributed by atoms with van der Waals surface area (Å²) in [5, 5.41) is 20.9. The van der Waals surface area contributed by atoms with Gasteiger partial charge in [0.25, 0.3) is 0 Å². The van der Waals surface area contributed by atoms with Crippen molar-refractivity contribution in [2.75, 3.05) is 6.61 Å². The van der Waals surface area contributed by atoms with E-state index in [9.17, 15) is 0 Å². The molecular weight excluding hydrogens is 176 g/mol. The van der Waals surface area contributed by atoms with Crippen LogP contribution in [0.25, 0.3) is 0 Å².